The predicted octanol–water partition coefficient (Wildman–Crippen LogP) is 3.39. The fourth-order valence-corrected chi connectivity index (χ4v) is 2.76. The molecular formula is C18H27FN4. The maximum atomic E-state index is 13.8. The van der Waals surface area contributed by atoms with Crippen LogP contribution in [-0.2, 0) is 6.42 Å². The molecule has 1 aliphatic rings. The van der Waals surface area contributed by atoms with Gasteiger partial charge in [-0.1, -0.05) is 30.7 Å². The third-order valence-corrected chi connectivity index (χ3v) is 4.17. The number of hydrogen-bond acceptors (Lipinski definition) is 2. The van der Waals surface area contributed by atoms with Crippen LogP contribution in [0.4, 0.5) is 4.39 Å². The quantitative estimate of drug-likeness (QED) is 0.508. The molecule has 0 spiro atoms. The Hall–Kier alpha value is -2.04. The Labute approximate surface area is 138 Å². The van der Waals surface area contributed by atoms with Crippen LogP contribution in [0.5, 0.6) is 0 Å². The molecule has 1 aromatic carbocycles. The third-order valence-electron chi connectivity index (χ3n) is 4.17. The van der Waals surface area contributed by atoms with E-state index in [4.69, 9.17) is 10.7 Å². The normalized spacial score (nSPS) is 19.4. The van der Waals surface area contributed by atoms with Gasteiger partial charge in [-0.25, -0.2) is 9.38 Å². The topological polar surface area (TPSA) is 53.6 Å². The average molecular weight is 318 g/mol. The van der Waals surface area contributed by atoms with Gasteiger partial charge in [0.25, 0.3) is 0 Å². The lowest BCUT2D eigenvalue weighted by atomic mass is 10.1. The molecule has 5 heteroatoms. The number of halogens is 1. The van der Waals surface area contributed by atoms with Crippen molar-refractivity contribution in [3.05, 3.63) is 46.8 Å². The number of benzene rings is 1. The van der Waals surface area contributed by atoms with Crippen molar-refractivity contribution < 1.29 is 4.39 Å². The molecule has 0 radical (unpaired) electrons. The number of aryl methyl sites for hydroxylation is 2. The van der Waals surface area contributed by atoms with E-state index in [-0.39, 0.29) is 6.04 Å². The highest BCUT2D eigenvalue weighted by Crippen LogP contribution is 2.34. The van der Waals surface area contributed by atoms with Crippen molar-refractivity contribution in [1.29, 1.82) is 0 Å². The van der Waals surface area contributed by atoms with E-state index in [0.29, 0.717) is 11.8 Å². The van der Waals surface area contributed by atoms with Crippen molar-refractivity contribution in [1.82, 2.24) is 10.2 Å². The fourth-order valence-electron chi connectivity index (χ4n) is 2.76. The van der Waals surface area contributed by atoms with Crippen LogP contribution >= 0.6 is 0 Å². The highest BCUT2D eigenvalue weighted by molar-refractivity contribution is 5.81. The Balaban J connectivity index is 2.31. The number of nitrogens with zero attached hydrogens (tertiary/aromatic N) is 2. The lowest BCUT2D eigenvalue weighted by molar-refractivity contribution is 0.197. The zero-order valence-corrected chi connectivity index (χ0v) is 14.4. The second-order valence-corrected chi connectivity index (χ2v) is 6.09. The van der Waals surface area contributed by atoms with Gasteiger partial charge in [0, 0.05) is 7.05 Å². The first kappa shape index (κ1) is 17.3. The molecule has 1 aliphatic carbocycles. The predicted molar refractivity (Wildman–Crippen MR) is 93.7 cm³/mol. The van der Waals surface area contributed by atoms with Crippen LogP contribution in [0.1, 0.15) is 49.4 Å². The van der Waals surface area contributed by atoms with Crippen molar-refractivity contribution in [2.45, 2.75) is 52.4 Å². The van der Waals surface area contributed by atoms with E-state index in [9.17, 15) is 4.39 Å². The van der Waals surface area contributed by atoms with E-state index in [1.807, 2.05) is 13.0 Å². The lowest BCUT2D eigenvalue weighted by Crippen LogP contribution is -2.43. The van der Waals surface area contributed by atoms with Gasteiger partial charge in [0.15, 0.2) is 6.30 Å². The molecule has 0 fully saturated rings. The summed E-state index contributed by atoms with van der Waals surface area (Å²) >= 11 is 0. The smallest absolute Gasteiger partial charge is 0.202 e. The summed E-state index contributed by atoms with van der Waals surface area (Å²) in [5, 5.41) is 3.05. The Morgan fingerprint density at radius 3 is 2.96 bits per heavy atom. The molecule has 2 unspecified atom stereocenters. The fraction of sp³-hybridized carbons (Fsp3) is 0.500. The second kappa shape index (κ2) is 7.49. The number of fused-ring (bicyclic) bond motifs is 1. The summed E-state index contributed by atoms with van der Waals surface area (Å²) in [7, 11) is 1.68. The Morgan fingerprint density at radius 2 is 2.30 bits per heavy atom. The van der Waals surface area contributed by atoms with E-state index >= 15 is 0 Å². The minimum absolute atomic E-state index is 0.0445. The molecule has 0 bridgehead atoms. The van der Waals surface area contributed by atoms with E-state index in [2.05, 4.69) is 30.4 Å². The number of hydrogen-bond donors (Lipinski definition) is 2. The molecular weight excluding hydrogens is 291 g/mol. The van der Waals surface area contributed by atoms with Gasteiger partial charge in [-0.05, 0) is 50.3 Å². The standard InChI is InChI=1S/C18H27FN4/c1-5-6-17(20)22-18(23(4)13(3)19)21-16-10-9-14-8-7-12(2)11-15(14)16/h6-8,11,13,16H,5,9-10,20H2,1-4H3,(H,21,22)/b17-6+. The minimum Gasteiger partial charge on any atom is -0.385 e. The van der Waals surface area contributed by atoms with Crippen LogP contribution < -0.4 is 11.1 Å². The summed E-state index contributed by atoms with van der Waals surface area (Å²) in [5.41, 5.74) is 9.72. The second-order valence-electron chi connectivity index (χ2n) is 6.09. The van der Waals surface area contributed by atoms with Gasteiger partial charge in [0.05, 0.1) is 11.9 Å². The molecule has 0 heterocycles. The monoisotopic (exact) mass is 318 g/mol. The van der Waals surface area contributed by atoms with Gasteiger partial charge >= 0.3 is 0 Å². The molecule has 2 rings (SSSR count). The summed E-state index contributed by atoms with van der Waals surface area (Å²) in [6.45, 7) is 5.57. The number of guanidine groups is 1. The number of nitrogens with two attached hydrogens (primary N) is 1. The SMILES string of the molecule is CC/C=C(\N)NC(=NC1CCc2ccc(C)cc21)N(C)C(C)F. The Kier molecular flexibility index (Phi) is 5.64. The summed E-state index contributed by atoms with van der Waals surface area (Å²) in [4.78, 5) is 6.25. The van der Waals surface area contributed by atoms with Crippen molar-refractivity contribution in [3.63, 3.8) is 0 Å². The van der Waals surface area contributed by atoms with Crippen molar-refractivity contribution >= 4 is 5.96 Å². The van der Waals surface area contributed by atoms with Crippen LogP contribution in [0.25, 0.3) is 0 Å². The highest BCUT2D eigenvalue weighted by Gasteiger charge is 2.24. The van der Waals surface area contributed by atoms with E-state index in [0.717, 1.165) is 19.3 Å². The molecule has 0 saturated heterocycles. The van der Waals surface area contributed by atoms with Gasteiger partial charge in [-0.15, -0.1) is 0 Å². The number of nitrogens with one attached hydrogen (secondary N) is 1. The third kappa shape index (κ3) is 4.24. The van der Waals surface area contributed by atoms with Crippen molar-refractivity contribution in [2.75, 3.05) is 7.05 Å². The van der Waals surface area contributed by atoms with Crippen molar-refractivity contribution in [3.8, 4) is 0 Å². The van der Waals surface area contributed by atoms with Crippen LogP contribution in [-0.4, -0.2) is 24.2 Å². The summed E-state index contributed by atoms with van der Waals surface area (Å²) in [5.74, 6) is 0.975. The maximum Gasteiger partial charge on any atom is 0.202 e. The first-order chi connectivity index (χ1) is 10.9. The zero-order chi connectivity index (χ0) is 17.0. The zero-order valence-electron chi connectivity index (χ0n) is 14.4. The van der Waals surface area contributed by atoms with Crippen LogP contribution in [0, 0.1) is 6.92 Å². The van der Waals surface area contributed by atoms with Crippen LogP contribution in [0.3, 0.4) is 0 Å². The van der Waals surface area contributed by atoms with Crippen molar-refractivity contribution in [2.24, 2.45) is 10.7 Å². The molecule has 2 atom stereocenters. The molecule has 126 valence electrons. The average Bonchev–Trinajstić information content (AvgIpc) is 2.88. The Morgan fingerprint density at radius 1 is 1.57 bits per heavy atom. The summed E-state index contributed by atoms with van der Waals surface area (Å²) < 4.78 is 13.8. The van der Waals surface area contributed by atoms with Gasteiger partial charge in [-0.2, -0.15) is 0 Å². The van der Waals surface area contributed by atoms with Gasteiger partial charge in [0.2, 0.25) is 5.96 Å². The number of rotatable bonds is 4. The molecule has 0 aliphatic heterocycles. The van der Waals surface area contributed by atoms with E-state index < -0.39 is 6.30 Å². The van der Waals surface area contributed by atoms with Gasteiger partial charge in [0.1, 0.15) is 0 Å². The van der Waals surface area contributed by atoms with Crippen LogP contribution in [0.2, 0.25) is 0 Å². The number of alkyl halides is 1. The van der Waals surface area contributed by atoms with Crippen LogP contribution in [0.15, 0.2) is 35.1 Å². The largest absolute Gasteiger partial charge is 0.385 e. The highest BCUT2D eigenvalue weighted by atomic mass is 19.1. The van der Waals surface area contributed by atoms with E-state index in [1.54, 1.807) is 7.05 Å². The lowest BCUT2D eigenvalue weighted by Gasteiger charge is -2.25. The minimum atomic E-state index is -1.14. The van der Waals surface area contributed by atoms with Gasteiger partial charge in [-0.3, -0.25) is 0 Å². The molecule has 1 aromatic rings. The number of aliphatic imine (C=N–C) groups is 1. The first-order valence-corrected chi connectivity index (χ1v) is 8.19. The first-order valence-electron chi connectivity index (χ1n) is 8.19. The van der Waals surface area contributed by atoms with Gasteiger partial charge < -0.3 is 16.0 Å². The maximum absolute atomic E-state index is 13.8. The molecule has 0 amide bonds. The molecule has 4 nitrogen and oxygen atoms in total. The van der Waals surface area contributed by atoms with E-state index in [1.165, 1.54) is 28.5 Å². The molecule has 3 N–H and O–H groups in total. The Bertz CT molecular complexity index is 607. The molecule has 23 heavy (non-hydrogen) atoms. The summed E-state index contributed by atoms with van der Waals surface area (Å²) in [6, 6.07) is 6.52. The number of allylic oxidation sites excluding steroid dienone is 1. The summed E-state index contributed by atoms with van der Waals surface area (Å²) in [6.07, 6.45) is 3.47. The molecule has 0 aromatic heterocycles. The molecule has 0 saturated carbocycles.